The summed E-state index contributed by atoms with van der Waals surface area (Å²) >= 11 is 0. The molecule has 1 aliphatic carbocycles. The van der Waals surface area contributed by atoms with Crippen LogP contribution in [-0.4, -0.2) is 34.8 Å². The van der Waals surface area contributed by atoms with Gasteiger partial charge in [-0.25, -0.2) is 0 Å². The summed E-state index contributed by atoms with van der Waals surface area (Å²) in [5.74, 6) is 0.389. The van der Waals surface area contributed by atoms with Gasteiger partial charge >= 0.3 is 0 Å². The molecular formula is C28H36N2O2. The maximum absolute atomic E-state index is 13.4. The van der Waals surface area contributed by atoms with Crippen molar-refractivity contribution in [2.75, 3.05) is 6.54 Å². The van der Waals surface area contributed by atoms with Gasteiger partial charge in [0.15, 0.2) is 0 Å². The van der Waals surface area contributed by atoms with Crippen LogP contribution in [0.25, 0.3) is 10.8 Å². The van der Waals surface area contributed by atoms with Gasteiger partial charge in [-0.2, -0.15) is 0 Å². The Balaban J connectivity index is 1.30. The second kappa shape index (κ2) is 7.60. The number of carbonyl (C=O) groups excluding carboxylic acids is 2. The fourth-order valence-electron chi connectivity index (χ4n) is 7.16. The Bertz CT molecular complexity index is 1060. The largest absolute Gasteiger partial charge is 0.350 e. The molecule has 32 heavy (non-hydrogen) atoms. The van der Waals surface area contributed by atoms with E-state index in [1.165, 1.54) is 22.8 Å². The summed E-state index contributed by atoms with van der Waals surface area (Å²) in [5.41, 5.74) is 1.48. The first-order valence-electron chi connectivity index (χ1n) is 12.2. The van der Waals surface area contributed by atoms with E-state index in [-0.39, 0.29) is 22.8 Å². The minimum absolute atomic E-state index is 0.115. The average molecular weight is 433 g/mol. The monoisotopic (exact) mass is 432 g/mol. The maximum atomic E-state index is 13.4. The molecule has 1 saturated carbocycles. The molecule has 1 N–H and O–H groups in total. The zero-order chi connectivity index (χ0) is 22.6. The highest BCUT2D eigenvalue weighted by Crippen LogP contribution is 2.52. The molecule has 0 radical (unpaired) electrons. The number of hydrogen-bond donors (Lipinski definition) is 1. The number of rotatable bonds is 5. The number of amides is 2. The Morgan fingerprint density at radius 2 is 1.88 bits per heavy atom. The molecule has 4 heteroatoms. The van der Waals surface area contributed by atoms with Gasteiger partial charge in [0.05, 0.1) is 0 Å². The van der Waals surface area contributed by atoms with Gasteiger partial charge < -0.3 is 10.2 Å². The van der Waals surface area contributed by atoms with Gasteiger partial charge in [-0.1, -0.05) is 63.2 Å². The summed E-state index contributed by atoms with van der Waals surface area (Å²) in [5, 5.41) is 5.72. The van der Waals surface area contributed by atoms with Crippen molar-refractivity contribution in [3.8, 4) is 0 Å². The van der Waals surface area contributed by atoms with Crippen molar-refractivity contribution in [2.45, 2.75) is 83.7 Å². The lowest BCUT2D eigenvalue weighted by molar-refractivity contribution is -0.133. The third-order valence-electron chi connectivity index (χ3n) is 8.14. The molecule has 2 heterocycles. The Hall–Kier alpha value is -2.36. The van der Waals surface area contributed by atoms with Gasteiger partial charge in [-0.15, -0.1) is 0 Å². The summed E-state index contributed by atoms with van der Waals surface area (Å²) in [4.78, 5) is 27.8. The molecule has 2 saturated heterocycles. The third kappa shape index (κ3) is 4.16. The first-order valence-corrected chi connectivity index (χ1v) is 12.2. The highest BCUT2D eigenvalue weighted by atomic mass is 16.2. The summed E-state index contributed by atoms with van der Waals surface area (Å²) in [6, 6.07) is 15.3. The van der Waals surface area contributed by atoms with E-state index in [2.05, 4.69) is 73.5 Å². The van der Waals surface area contributed by atoms with Crippen LogP contribution in [0.4, 0.5) is 0 Å². The highest BCUT2D eigenvalue weighted by molar-refractivity contribution is 5.83. The molecular weight excluding hydrogens is 396 g/mol. The fraction of sp³-hybridized carbons (Fsp3) is 0.571. The van der Waals surface area contributed by atoms with Crippen LogP contribution in [0, 0.1) is 10.8 Å². The first kappa shape index (κ1) is 21.5. The molecule has 2 aromatic rings. The highest BCUT2D eigenvalue weighted by Gasteiger charge is 2.51. The predicted molar refractivity (Wildman–Crippen MR) is 128 cm³/mol. The van der Waals surface area contributed by atoms with E-state index in [0.717, 1.165) is 32.2 Å². The molecule has 3 aliphatic rings. The van der Waals surface area contributed by atoms with E-state index >= 15 is 0 Å². The van der Waals surface area contributed by atoms with Crippen LogP contribution in [0.1, 0.15) is 71.3 Å². The van der Waals surface area contributed by atoms with E-state index in [1.54, 1.807) is 0 Å². The van der Waals surface area contributed by atoms with Crippen molar-refractivity contribution in [1.82, 2.24) is 10.2 Å². The number of benzene rings is 2. The SMILES string of the molecule is CC1(C)C[C@@H]2C[C@@](C)(CN2C(=O)CC[C@@]2(Cc3ccc4ccccc4c3)CCC(=O)N2)C1. The van der Waals surface area contributed by atoms with Crippen LogP contribution in [0.2, 0.25) is 0 Å². The summed E-state index contributed by atoms with van der Waals surface area (Å²) < 4.78 is 0. The normalized spacial score (nSPS) is 31.2. The lowest BCUT2D eigenvalue weighted by Crippen LogP contribution is -2.45. The molecule has 3 fully saturated rings. The van der Waals surface area contributed by atoms with Gasteiger partial charge in [-0.3, -0.25) is 9.59 Å². The predicted octanol–water partition coefficient (Wildman–Crippen LogP) is 5.24. The van der Waals surface area contributed by atoms with Crippen LogP contribution in [0.15, 0.2) is 42.5 Å². The van der Waals surface area contributed by atoms with Gasteiger partial charge in [-0.05, 0) is 65.7 Å². The summed E-state index contributed by atoms with van der Waals surface area (Å²) in [6.45, 7) is 7.94. The van der Waals surface area contributed by atoms with Gasteiger partial charge in [0, 0.05) is 31.0 Å². The Labute approximate surface area is 191 Å². The van der Waals surface area contributed by atoms with Gasteiger partial charge in [0.1, 0.15) is 0 Å². The molecule has 2 aliphatic heterocycles. The number of carbonyl (C=O) groups is 2. The van der Waals surface area contributed by atoms with E-state index in [4.69, 9.17) is 0 Å². The van der Waals surface area contributed by atoms with Crippen molar-refractivity contribution in [1.29, 1.82) is 0 Å². The first-order chi connectivity index (χ1) is 15.1. The second-order valence-corrected chi connectivity index (χ2v) is 11.9. The standard InChI is InChI=1S/C28H36N2O2/c1-26(2)16-23-17-27(3,18-26)19-30(23)25(32)11-13-28(12-10-24(31)29-28)15-20-8-9-21-6-4-5-7-22(21)14-20/h4-9,14,23H,10-13,15-19H2,1-3H3,(H,29,31)/t23-,27-,28-/m1/s1. The zero-order valence-electron chi connectivity index (χ0n) is 19.7. The summed E-state index contributed by atoms with van der Waals surface area (Å²) in [7, 11) is 0. The molecule has 0 aromatic heterocycles. The quantitative estimate of drug-likeness (QED) is 0.703. The fourth-order valence-corrected chi connectivity index (χ4v) is 7.16. The average Bonchev–Trinajstić information content (AvgIpc) is 3.21. The van der Waals surface area contributed by atoms with E-state index in [9.17, 15) is 9.59 Å². The smallest absolute Gasteiger partial charge is 0.222 e. The molecule has 5 rings (SSSR count). The molecule has 4 nitrogen and oxygen atoms in total. The van der Waals surface area contributed by atoms with E-state index < -0.39 is 0 Å². The van der Waals surface area contributed by atoms with E-state index in [0.29, 0.717) is 30.7 Å². The van der Waals surface area contributed by atoms with Crippen molar-refractivity contribution < 1.29 is 9.59 Å². The number of hydrogen-bond acceptors (Lipinski definition) is 2. The number of fused-ring (bicyclic) bond motifs is 3. The number of likely N-dealkylation sites (tertiary alicyclic amines) is 1. The Morgan fingerprint density at radius 3 is 2.62 bits per heavy atom. The Kier molecular flexibility index (Phi) is 5.11. The van der Waals surface area contributed by atoms with Gasteiger partial charge in [0.2, 0.25) is 11.8 Å². The molecule has 0 unspecified atom stereocenters. The second-order valence-electron chi connectivity index (χ2n) is 11.9. The summed E-state index contributed by atoms with van der Waals surface area (Å²) in [6.07, 6.45) is 6.82. The molecule has 3 atom stereocenters. The van der Waals surface area contributed by atoms with Crippen LogP contribution in [0.3, 0.4) is 0 Å². The van der Waals surface area contributed by atoms with E-state index in [1.807, 2.05) is 0 Å². The minimum atomic E-state index is -0.312. The minimum Gasteiger partial charge on any atom is -0.350 e. The molecule has 170 valence electrons. The van der Waals surface area contributed by atoms with Crippen molar-refractivity contribution in [3.05, 3.63) is 48.0 Å². The topological polar surface area (TPSA) is 49.4 Å². The molecule has 0 spiro atoms. The van der Waals surface area contributed by atoms with Crippen molar-refractivity contribution in [3.63, 3.8) is 0 Å². The van der Waals surface area contributed by atoms with Crippen molar-refractivity contribution >= 4 is 22.6 Å². The number of nitrogens with one attached hydrogen (secondary N) is 1. The van der Waals surface area contributed by atoms with Crippen LogP contribution in [-0.2, 0) is 16.0 Å². The molecule has 2 bridgehead atoms. The van der Waals surface area contributed by atoms with Crippen LogP contribution < -0.4 is 5.32 Å². The zero-order valence-corrected chi connectivity index (χ0v) is 19.7. The maximum Gasteiger partial charge on any atom is 0.222 e. The lowest BCUT2D eigenvalue weighted by Gasteiger charge is -2.39. The number of nitrogens with zero attached hydrogens (tertiary/aromatic N) is 1. The van der Waals surface area contributed by atoms with Crippen molar-refractivity contribution in [2.24, 2.45) is 10.8 Å². The third-order valence-corrected chi connectivity index (χ3v) is 8.14. The van der Waals surface area contributed by atoms with Crippen LogP contribution >= 0.6 is 0 Å². The Morgan fingerprint density at radius 1 is 1.09 bits per heavy atom. The molecule has 2 amide bonds. The lowest BCUT2D eigenvalue weighted by atomic mass is 9.65. The van der Waals surface area contributed by atoms with Gasteiger partial charge in [0.25, 0.3) is 0 Å². The van der Waals surface area contributed by atoms with Crippen LogP contribution in [0.5, 0.6) is 0 Å². The molecule has 2 aromatic carbocycles.